The van der Waals surface area contributed by atoms with Crippen molar-refractivity contribution in [2.24, 2.45) is 5.41 Å². The minimum atomic E-state index is -0.941. The van der Waals surface area contributed by atoms with Crippen molar-refractivity contribution in [1.29, 1.82) is 0 Å². The Morgan fingerprint density at radius 1 is 1.37 bits per heavy atom. The van der Waals surface area contributed by atoms with E-state index in [4.69, 9.17) is 0 Å². The maximum Gasteiger partial charge on any atom is 0.311 e. The van der Waals surface area contributed by atoms with E-state index in [0.717, 1.165) is 6.07 Å². The van der Waals surface area contributed by atoms with Crippen LogP contribution in [-0.2, 0) is 9.59 Å². The molecule has 1 fully saturated rings. The smallest absolute Gasteiger partial charge is 0.311 e. The standard InChI is InChI=1S/C17H21N3O6S/c1-27-8-5-13(15(22)18-10-17(6-7-17)16(23)24)19-14(21)11-3-2-4-12(9-11)20(25)26/h2-4,9,13H,5-8,10H2,1H3,(H,18,22)(H,19,21)(H,23,24). The summed E-state index contributed by atoms with van der Waals surface area (Å²) in [5.74, 6) is -1.39. The van der Waals surface area contributed by atoms with Gasteiger partial charge in [-0.1, -0.05) is 6.07 Å². The lowest BCUT2D eigenvalue weighted by Crippen LogP contribution is -2.48. The van der Waals surface area contributed by atoms with Crippen molar-refractivity contribution in [1.82, 2.24) is 10.6 Å². The average molecular weight is 395 g/mol. The summed E-state index contributed by atoms with van der Waals surface area (Å²) in [7, 11) is 0. The zero-order valence-electron chi connectivity index (χ0n) is 14.8. The molecule has 2 amide bonds. The van der Waals surface area contributed by atoms with Crippen molar-refractivity contribution in [3.8, 4) is 0 Å². The normalized spacial score (nSPS) is 15.4. The number of hydrogen-bond acceptors (Lipinski definition) is 6. The van der Waals surface area contributed by atoms with Gasteiger partial charge in [0.25, 0.3) is 11.6 Å². The molecule has 0 aromatic heterocycles. The summed E-state index contributed by atoms with van der Waals surface area (Å²) in [4.78, 5) is 46.3. The van der Waals surface area contributed by atoms with Crippen LogP contribution in [0.15, 0.2) is 24.3 Å². The Balaban J connectivity index is 2.03. The van der Waals surface area contributed by atoms with Gasteiger partial charge in [-0.15, -0.1) is 0 Å². The van der Waals surface area contributed by atoms with E-state index in [1.807, 2.05) is 6.26 Å². The molecule has 1 aromatic carbocycles. The van der Waals surface area contributed by atoms with E-state index in [0.29, 0.717) is 25.0 Å². The Kier molecular flexibility index (Phi) is 6.78. The van der Waals surface area contributed by atoms with Crippen LogP contribution < -0.4 is 10.6 Å². The summed E-state index contributed by atoms with van der Waals surface area (Å²) in [5, 5.41) is 25.2. The Bertz CT molecular complexity index is 750. The van der Waals surface area contributed by atoms with Gasteiger partial charge in [0.1, 0.15) is 6.04 Å². The lowest BCUT2D eigenvalue weighted by Gasteiger charge is -2.19. The first-order chi connectivity index (χ1) is 12.8. The van der Waals surface area contributed by atoms with E-state index in [9.17, 15) is 29.6 Å². The number of nitrogens with one attached hydrogen (secondary N) is 2. The molecule has 1 aliphatic carbocycles. The molecule has 146 valence electrons. The minimum Gasteiger partial charge on any atom is -0.481 e. The first-order valence-electron chi connectivity index (χ1n) is 8.34. The summed E-state index contributed by atoms with van der Waals surface area (Å²) in [5.41, 5.74) is -1.04. The Hall–Kier alpha value is -2.62. The number of carboxylic acids is 1. The second-order valence-electron chi connectivity index (χ2n) is 6.42. The molecule has 3 N–H and O–H groups in total. The highest BCUT2D eigenvalue weighted by molar-refractivity contribution is 7.98. The molecule has 0 spiro atoms. The molecule has 0 bridgehead atoms. The molecule has 0 aliphatic heterocycles. The van der Waals surface area contributed by atoms with Gasteiger partial charge in [-0.3, -0.25) is 24.5 Å². The molecule has 0 heterocycles. The minimum absolute atomic E-state index is 0.0175. The van der Waals surface area contributed by atoms with Gasteiger partial charge in [0.15, 0.2) is 0 Å². The molecule has 27 heavy (non-hydrogen) atoms. The maximum atomic E-state index is 12.5. The number of rotatable bonds is 10. The number of carbonyl (C=O) groups is 3. The summed E-state index contributed by atoms with van der Waals surface area (Å²) in [6, 6.07) is 4.38. The number of nitro groups is 1. The van der Waals surface area contributed by atoms with Crippen LogP contribution in [-0.4, -0.2) is 52.4 Å². The van der Waals surface area contributed by atoms with Crippen LogP contribution >= 0.6 is 11.8 Å². The van der Waals surface area contributed by atoms with Gasteiger partial charge >= 0.3 is 5.97 Å². The van der Waals surface area contributed by atoms with Gasteiger partial charge in [0.05, 0.1) is 10.3 Å². The first-order valence-corrected chi connectivity index (χ1v) is 9.74. The summed E-state index contributed by atoms with van der Waals surface area (Å²) < 4.78 is 0. The molecule has 9 nitrogen and oxygen atoms in total. The average Bonchev–Trinajstić information content (AvgIpc) is 3.44. The molecule has 1 aliphatic rings. The zero-order chi connectivity index (χ0) is 20.0. The van der Waals surface area contributed by atoms with E-state index in [2.05, 4.69) is 10.6 Å². The van der Waals surface area contributed by atoms with Gasteiger partial charge in [0, 0.05) is 24.2 Å². The number of non-ortho nitro benzene ring substituents is 1. The van der Waals surface area contributed by atoms with Crippen molar-refractivity contribution in [3.05, 3.63) is 39.9 Å². The van der Waals surface area contributed by atoms with Gasteiger partial charge in [-0.2, -0.15) is 11.8 Å². The van der Waals surface area contributed by atoms with Crippen LogP contribution in [0, 0.1) is 15.5 Å². The first kappa shape index (κ1) is 20.7. The zero-order valence-corrected chi connectivity index (χ0v) is 15.6. The topological polar surface area (TPSA) is 139 Å². The van der Waals surface area contributed by atoms with Crippen molar-refractivity contribution < 1.29 is 24.4 Å². The number of amides is 2. The fraction of sp³-hybridized carbons (Fsp3) is 0.471. The quantitative estimate of drug-likeness (QED) is 0.402. The SMILES string of the molecule is CSCCC(NC(=O)c1cccc([N+](=O)[O-])c1)C(=O)NCC1(C(=O)O)CC1. The number of carboxylic acid groups (broad SMARTS) is 1. The second-order valence-corrected chi connectivity index (χ2v) is 7.40. The largest absolute Gasteiger partial charge is 0.481 e. The van der Waals surface area contributed by atoms with Crippen molar-refractivity contribution in [3.63, 3.8) is 0 Å². The molecule has 0 radical (unpaired) electrons. The third-order valence-electron chi connectivity index (χ3n) is 4.46. The summed E-state index contributed by atoms with van der Waals surface area (Å²) >= 11 is 1.50. The third kappa shape index (κ3) is 5.43. The second kappa shape index (κ2) is 8.85. The fourth-order valence-corrected chi connectivity index (χ4v) is 2.97. The molecule has 1 saturated carbocycles. The number of nitro benzene ring substituents is 1. The Labute approximate surface area is 160 Å². The molecule has 1 unspecified atom stereocenters. The predicted molar refractivity (Wildman–Crippen MR) is 99.7 cm³/mol. The predicted octanol–water partition coefficient (Wildman–Crippen LogP) is 1.43. The van der Waals surface area contributed by atoms with Gasteiger partial charge in [0.2, 0.25) is 5.91 Å². The maximum absolute atomic E-state index is 12.5. The van der Waals surface area contributed by atoms with Crippen LogP contribution in [0.5, 0.6) is 0 Å². The third-order valence-corrected chi connectivity index (χ3v) is 5.10. The van der Waals surface area contributed by atoms with Crippen LogP contribution in [0.3, 0.4) is 0 Å². The molecule has 1 aromatic rings. The van der Waals surface area contributed by atoms with Crippen molar-refractivity contribution in [2.75, 3.05) is 18.6 Å². The fourth-order valence-electron chi connectivity index (χ4n) is 2.50. The van der Waals surface area contributed by atoms with Crippen LogP contribution in [0.2, 0.25) is 0 Å². The van der Waals surface area contributed by atoms with Gasteiger partial charge in [-0.25, -0.2) is 0 Å². The van der Waals surface area contributed by atoms with Crippen LogP contribution in [0.25, 0.3) is 0 Å². The van der Waals surface area contributed by atoms with Crippen LogP contribution in [0.4, 0.5) is 5.69 Å². The Morgan fingerprint density at radius 3 is 2.63 bits per heavy atom. The highest BCUT2D eigenvalue weighted by Crippen LogP contribution is 2.45. The molecule has 10 heteroatoms. The van der Waals surface area contributed by atoms with Crippen molar-refractivity contribution in [2.45, 2.75) is 25.3 Å². The van der Waals surface area contributed by atoms with E-state index in [1.54, 1.807) is 0 Å². The number of thioether (sulfide) groups is 1. The monoisotopic (exact) mass is 395 g/mol. The number of aliphatic carboxylic acids is 1. The van der Waals surface area contributed by atoms with E-state index in [-0.39, 0.29) is 17.8 Å². The number of hydrogen-bond donors (Lipinski definition) is 3. The molecule has 1 atom stereocenters. The van der Waals surface area contributed by atoms with E-state index in [1.165, 1.54) is 30.0 Å². The van der Waals surface area contributed by atoms with Gasteiger partial charge < -0.3 is 15.7 Å². The summed E-state index contributed by atoms with van der Waals surface area (Å²) in [6.45, 7) is 0.0175. The van der Waals surface area contributed by atoms with E-state index < -0.39 is 34.2 Å². The Morgan fingerprint density at radius 2 is 2.07 bits per heavy atom. The van der Waals surface area contributed by atoms with E-state index >= 15 is 0 Å². The number of benzene rings is 1. The molecular weight excluding hydrogens is 374 g/mol. The van der Waals surface area contributed by atoms with Crippen LogP contribution in [0.1, 0.15) is 29.6 Å². The number of nitrogens with zero attached hydrogens (tertiary/aromatic N) is 1. The molecule has 0 saturated heterocycles. The van der Waals surface area contributed by atoms with Crippen molar-refractivity contribution >= 4 is 35.2 Å². The van der Waals surface area contributed by atoms with Gasteiger partial charge in [-0.05, 0) is 37.3 Å². The lowest BCUT2D eigenvalue weighted by molar-refractivity contribution is -0.384. The number of carbonyl (C=O) groups excluding carboxylic acids is 2. The highest BCUT2D eigenvalue weighted by Gasteiger charge is 2.50. The molecule has 2 rings (SSSR count). The summed E-state index contributed by atoms with van der Waals surface area (Å²) in [6.07, 6.45) is 3.24. The highest BCUT2D eigenvalue weighted by atomic mass is 32.2. The molecular formula is C17H21N3O6S. The lowest BCUT2D eigenvalue weighted by atomic mass is 10.1.